The van der Waals surface area contributed by atoms with Crippen LogP contribution in [0.1, 0.15) is 33.1 Å². The number of carbonyl (C=O) groups excluding carboxylic acids is 2. The Bertz CT molecular complexity index is 383. The Morgan fingerprint density at radius 2 is 2.00 bits per heavy atom. The average molecular weight is 268 g/mol. The van der Waals surface area contributed by atoms with E-state index in [-0.39, 0.29) is 31.2 Å². The van der Waals surface area contributed by atoms with Crippen LogP contribution < -0.4 is 0 Å². The zero-order valence-corrected chi connectivity index (χ0v) is 11.3. The van der Waals surface area contributed by atoms with Crippen LogP contribution in [0.4, 0.5) is 0 Å². The molecular formula is C14H20O5. The van der Waals surface area contributed by atoms with Crippen molar-refractivity contribution in [1.29, 1.82) is 0 Å². The molecule has 1 aliphatic heterocycles. The third-order valence-corrected chi connectivity index (χ3v) is 2.68. The molecule has 5 heteroatoms. The van der Waals surface area contributed by atoms with E-state index >= 15 is 0 Å². The van der Waals surface area contributed by atoms with Gasteiger partial charge in [0.05, 0.1) is 13.0 Å². The van der Waals surface area contributed by atoms with Crippen LogP contribution in [0.15, 0.2) is 23.8 Å². The minimum Gasteiger partial charge on any atom is -0.462 e. The van der Waals surface area contributed by atoms with Crippen LogP contribution in [0.3, 0.4) is 0 Å². The molecule has 0 bridgehead atoms. The quantitative estimate of drug-likeness (QED) is 0.576. The van der Waals surface area contributed by atoms with Crippen molar-refractivity contribution < 1.29 is 24.2 Å². The number of rotatable bonds is 1. The minimum atomic E-state index is -0.428. The molecule has 1 aliphatic rings. The number of carbonyl (C=O) groups is 2. The zero-order chi connectivity index (χ0) is 14.3. The van der Waals surface area contributed by atoms with Crippen molar-refractivity contribution >= 4 is 11.9 Å². The van der Waals surface area contributed by atoms with Crippen LogP contribution in [-0.2, 0) is 19.1 Å². The van der Waals surface area contributed by atoms with Crippen LogP contribution in [0, 0.1) is 0 Å². The fraction of sp³-hybridized carbons (Fsp3) is 0.571. The van der Waals surface area contributed by atoms with Gasteiger partial charge >= 0.3 is 11.9 Å². The Morgan fingerprint density at radius 1 is 1.26 bits per heavy atom. The first kappa shape index (κ1) is 15.4. The number of hydrogen-bond acceptors (Lipinski definition) is 5. The van der Waals surface area contributed by atoms with Crippen molar-refractivity contribution in [3.8, 4) is 0 Å². The molecule has 1 rings (SSSR count). The lowest BCUT2D eigenvalue weighted by molar-refractivity contribution is -0.147. The zero-order valence-electron chi connectivity index (χ0n) is 11.3. The molecule has 0 aromatic carbocycles. The van der Waals surface area contributed by atoms with E-state index in [4.69, 9.17) is 9.47 Å². The van der Waals surface area contributed by atoms with Gasteiger partial charge in [0.15, 0.2) is 0 Å². The minimum absolute atomic E-state index is 0.116. The highest BCUT2D eigenvalue weighted by Crippen LogP contribution is 2.11. The SMILES string of the molecule is C[C@@H]1C/C(CO)=C\CC(=O)O[C@H](C)C/C=C\C(=O)O1. The van der Waals surface area contributed by atoms with Gasteiger partial charge < -0.3 is 14.6 Å². The molecule has 0 aromatic heterocycles. The van der Waals surface area contributed by atoms with Crippen molar-refractivity contribution in [2.24, 2.45) is 0 Å². The predicted octanol–water partition coefficient (Wildman–Crippen LogP) is 1.51. The molecule has 0 saturated carbocycles. The lowest BCUT2D eigenvalue weighted by Gasteiger charge is -2.13. The van der Waals surface area contributed by atoms with E-state index in [9.17, 15) is 14.7 Å². The summed E-state index contributed by atoms with van der Waals surface area (Å²) in [6.07, 6.45) is 4.94. The van der Waals surface area contributed by atoms with E-state index in [1.54, 1.807) is 26.0 Å². The highest BCUT2D eigenvalue weighted by Gasteiger charge is 2.13. The highest BCUT2D eigenvalue weighted by atomic mass is 16.5. The maximum absolute atomic E-state index is 11.5. The molecule has 0 saturated heterocycles. The topological polar surface area (TPSA) is 72.8 Å². The second kappa shape index (κ2) is 7.74. The fourth-order valence-corrected chi connectivity index (χ4v) is 1.77. The molecular weight excluding hydrogens is 248 g/mol. The molecule has 0 amide bonds. The molecule has 106 valence electrons. The van der Waals surface area contributed by atoms with Gasteiger partial charge in [-0.1, -0.05) is 12.2 Å². The summed E-state index contributed by atoms with van der Waals surface area (Å²) < 4.78 is 10.3. The fourth-order valence-electron chi connectivity index (χ4n) is 1.77. The summed E-state index contributed by atoms with van der Waals surface area (Å²) in [6, 6.07) is 0. The van der Waals surface area contributed by atoms with Gasteiger partial charge in [0.25, 0.3) is 0 Å². The van der Waals surface area contributed by atoms with Crippen molar-refractivity contribution in [1.82, 2.24) is 0 Å². The third-order valence-electron chi connectivity index (χ3n) is 2.68. The summed E-state index contributed by atoms with van der Waals surface area (Å²) in [5.74, 6) is -0.770. The van der Waals surface area contributed by atoms with Crippen molar-refractivity contribution in [2.75, 3.05) is 6.61 Å². The van der Waals surface area contributed by atoms with Gasteiger partial charge in [-0.15, -0.1) is 0 Å². The smallest absolute Gasteiger partial charge is 0.330 e. The Labute approximate surface area is 112 Å². The molecule has 0 unspecified atom stereocenters. The van der Waals surface area contributed by atoms with Crippen molar-refractivity contribution in [2.45, 2.75) is 45.3 Å². The first-order chi connectivity index (χ1) is 9.01. The molecule has 5 nitrogen and oxygen atoms in total. The van der Waals surface area contributed by atoms with Crippen LogP contribution in [-0.4, -0.2) is 35.9 Å². The maximum Gasteiger partial charge on any atom is 0.330 e. The monoisotopic (exact) mass is 268 g/mol. The van der Waals surface area contributed by atoms with Gasteiger partial charge in [0.1, 0.15) is 12.2 Å². The van der Waals surface area contributed by atoms with Crippen LogP contribution in [0.5, 0.6) is 0 Å². The molecule has 2 atom stereocenters. The third kappa shape index (κ3) is 6.20. The van der Waals surface area contributed by atoms with E-state index in [2.05, 4.69) is 0 Å². The number of aliphatic hydroxyl groups is 1. The van der Waals surface area contributed by atoms with Crippen LogP contribution >= 0.6 is 0 Å². The maximum atomic E-state index is 11.5. The molecule has 0 spiro atoms. The summed E-state index contributed by atoms with van der Waals surface area (Å²) in [5.41, 5.74) is 0.660. The predicted molar refractivity (Wildman–Crippen MR) is 69.3 cm³/mol. The normalized spacial score (nSPS) is 30.8. The highest BCUT2D eigenvalue weighted by molar-refractivity contribution is 5.82. The van der Waals surface area contributed by atoms with Gasteiger partial charge in [0, 0.05) is 18.9 Å². The largest absolute Gasteiger partial charge is 0.462 e. The first-order valence-corrected chi connectivity index (χ1v) is 6.36. The summed E-state index contributed by atoms with van der Waals surface area (Å²) in [6.45, 7) is 3.34. The summed E-state index contributed by atoms with van der Waals surface area (Å²) in [5, 5.41) is 9.20. The molecule has 1 N–H and O–H groups in total. The Morgan fingerprint density at radius 3 is 2.68 bits per heavy atom. The lowest BCUT2D eigenvalue weighted by atomic mass is 10.1. The van der Waals surface area contributed by atoms with E-state index in [1.807, 2.05) is 0 Å². The summed E-state index contributed by atoms with van der Waals surface area (Å²) in [7, 11) is 0. The molecule has 0 fully saturated rings. The summed E-state index contributed by atoms with van der Waals surface area (Å²) in [4.78, 5) is 23.0. The van der Waals surface area contributed by atoms with Crippen LogP contribution in [0.2, 0.25) is 0 Å². The summed E-state index contributed by atoms with van der Waals surface area (Å²) >= 11 is 0. The number of aliphatic hydroxyl groups excluding tert-OH is 1. The van der Waals surface area contributed by atoms with Gasteiger partial charge in [-0.25, -0.2) is 4.79 Å². The number of ether oxygens (including phenoxy) is 2. The molecule has 19 heavy (non-hydrogen) atoms. The van der Waals surface area contributed by atoms with Gasteiger partial charge in [0.2, 0.25) is 0 Å². The van der Waals surface area contributed by atoms with Gasteiger partial charge in [-0.05, 0) is 19.4 Å². The Hall–Kier alpha value is -1.62. The van der Waals surface area contributed by atoms with Crippen molar-refractivity contribution in [3.63, 3.8) is 0 Å². The Kier molecular flexibility index (Phi) is 6.29. The Balaban J connectivity index is 2.79. The van der Waals surface area contributed by atoms with E-state index < -0.39 is 5.97 Å². The molecule has 0 radical (unpaired) electrons. The van der Waals surface area contributed by atoms with Gasteiger partial charge in [-0.3, -0.25) is 4.79 Å². The number of hydrogen-bond donors (Lipinski definition) is 1. The molecule has 1 heterocycles. The van der Waals surface area contributed by atoms with E-state index in [1.165, 1.54) is 6.08 Å². The number of esters is 2. The second-order valence-corrected chi connectivity index (χ2v) is 4.61. The second-order valence-electron chi connectivity index (χ2n) is 4.61. The molecule has 0 aromatic rings. The van der Waals surface area contributed by atoms with E-state index in [0.717, 1.165) is 0 Å². The van der Waals surface area contributed by atoms with Crippen molar-refractivity contribution in [3.05, 3.63) is 23.8 Å². The lowest BCUT2D eigenvalue weighted by Crippen LogP contribution is -2.15. The van der Waals surface area contributed by atoms with Gasteiger partial charge in [-0.2, -0.15) is 0 Å². The first-order valence-electron chi connectivity index (χ1n) is 6.36. The average Bonchev–Trinajstić information content (AvgIpc) is 2.33. The van der Waals surface area contributed by atoms with E-state index in [0.29, 0.717) is 18.4 Å². The van der Waals surface area contributed by atoms with Crippen LogP contribution in [0.25, 0.3) is 0 Å². The standard InChI is InChI=1S/C14H20O5/c1-10-4-3-5-13(16)19-11(2)8-12(9-15)6-7-14(17)18-10/h3,5-6,10-11,15H,4,7-9H2,1-2H3/b5-3-,12-6+/t10-,11-/m1/s1. The molecule has 0 aliphatic carbocycles. The number of cyclic esters (lactones) is 2.